The first kappa shape index (κ1) is 10.5. The van der Waals surface area contributed by atoms with E-state index >= 15 is 0 Å². The molecule has 1 aliphatic rings. The summed E-state index contributed by atoms with van der Waals surface area (Å²) in [7, 11) is 1.40. The molecule has 0 saturated carbocycles. The lowest BCUT2D eigenvalue weighted by molar-refractivity contribution is -0.146. The van der Waals surface area contributed by atoms with E-state index in [1.807, 2.05) is 18.2 Å². The number of benzene rings is 1. The summed E-state index contributed by atoms with van der Waals surface area (Å²) in [6, 6.07) is 5.83. The summed E-state index contributed by atoms with van der Waals surface area (Å²) in [6.45, 7) is 0.391. The number of hydrogen-bond donors (Lipinski definition) is 0. The first-order valence-electron chi connectivity index (χ1n) is 4.70. The van der Waals surface area contributed by atoms with E-state index in [4.69, 9.17) is 9.47 Å². The minimum absolute atomic E-state index is 0.184. The van der Waals surface area contributed by atoms with E-state index in [1.54, 1.807) is 0 Å². The van der Waals surface area contributed by atoms with E-state index in [1.165, 1.54) is 7.11 Å². The number of rotatable bonds is 1. The van der Waals surface area contributed by atoms with Gasteiger partial charge in [0.15, 0.2) is 0 Å². The highest BCUT2D eigenvalue weighted by Crippen LogP contribution is 2.34. The molecule has 1 heterocycles. The van der Waals surface area contributed by atoms with E-state index in [9.17, 15) is 4.79 Å². The Labute approximate surface area is 96.5 Å². The van der Waals surface area contributed by atoms with Gasteiger partial charge in [-0.1, -0.05) is 12.1 Å². The molecule has 0 bridgehead atoms. The van der Waals surface area contributed by atoms with Crippen molar-refractivity contribution in [2.24, 2.45) is 5.92 Å². The number of para-hydroxylation sites is 1. The molecule has 0 fully saturated rings. The van der Waals surface area contributed by atoms with Gasteiger partial charge in [0.05, 0.1) is 17.5 Å². The Morgan fingerprint density at radius 1 is 1.60 bits per heavy atom. The molecule has 1 aliphatic heterocycles. The lowest BCUT2D eigenvalue weighted by Crippen LogP contribution is -2.29. The SMILES string of the molecule is COC(=O)C1COc2c(Br)cccc2C1. The molecular weight excluding hydrogens is 260 g/mol. The fourth-order valence-corrected chi connectivity index (χ4v) is 2.22. The summed E-state index contributed by atoms with van der Waals surface area (Å²) >= 11 is 3.41. The van der Waals surface area contributed by atoms with Crippen molar-refractivity contribution in [2.45, 2.75) is 6.42 Å². The van der Waals surface area contributed by atoms with Crippen LogP contribution in [-0.2, 0) is 16.0 Å². The molecule has 1 atom stereocenters. The van der Waals surface area contributed by atoms with Crippen LogP contribution in [0.1, 0.15) is 5.56 Å². The summed E-state index contributed by atoms with van der Waals surface area (Å²) < 4.78 is 11.2. The fraction of sp³-hybridized carbons (Fsp3) is 0.364. The van der Waals surface area contributed by atoms with Crippen LogP contribution in [0.3, 0.4) is 0 Å². The zero-order chi connectivity index (χ0) is 10.8. The second kappa shape index (κ2) is 4.23. The molecule has 15 heavy (non-hydrogen) atoms. The minimum Gasteiger partial charge on any atom is -0.491 e. The Hall–Kier alpha value is -1.03. The highest BCUT2D eigenvalue weighted by atomic mass is 79.9. The van der Waals surface area contributed by atoms with Gasteiger partial charge in [0.25, 0.3) is 0 Å². The Balaban J connectivity index is 2.24. The molecule has 0 N–H and O–H groups in total. The van der Waals surface area contributed by atoms with Crippen molar-refractivity contribution in [2.75, 3.05) is 13.7 Å². The second-order valence-electron chi connectivity index (χ2n) is 3.46. The third-order valence-corrected chi connectivity index (χ3v) is 3.10. The van der Waals surface area contributed by atoms with Crippen LogP contribution in [0.25, 0.3) is 0 Å². The molecule has 3 nitrogen and oxygen atoms in total. The molecule has 80 valence electrons. The molecule has 0 aromatic heterocycles. The predicted molar refractivity (Wildman–Crippen MR) is 58.8 cm³/mol. The number of ether oxygens (including phenoxy) is 2. The number of carbonyl (C=O) groups is 1. The van der Waals surface area contributed by atoms with Crippen molar-refractivity contribution in [1.82, 2.24) is 0 Å². The molecule has 1 unspecified atom stereocenters. The molecule has 0 saturated heterocycles. The van der Waals surface area contributed by atoms with E-state index in [-0.39, 0.29) is 11.9 Å². The summed E-state index contributed by atoms with van der Waals surface area (Å²) in [5.41, 5.74) is 1.05. The molecule has 1 aromatic carbocycles. The van der Waals surface area contributed by atoms with Crippen molar-refractivity contribution in [3.05, 3.63) is 28.2 Å². The summed E-state index contributed by atoms with van der Waals surface area (Å²) in [6.07, 6.45) is 0.682. The Morgan fingerprint density at radius 3 is 3.13 bits per heavy atom. The van der Waals surface area contributed by atoms with Gasteiger partial charge in [-0.05, 0) is 34.0 Å². The summed E-state index contributed by atoms with van der Waals surface area (Å²) in [5, 5.41) is 0. The van der Waals surface area contributed by atoms with Crippen LogP contribution >= 0.6 is 15.9 Å². The molecule has 0 spiro atoms. The third kappa shape index (κ3) is 2.00. The molecular formula is C11H11BrO3. The maximum Gasteiger partial charge on any atom is 0.312 e. The zero-order valence-electron chi connectivity index (χ0n) is 8.33. The average molecular weight is 271 g/mol. The Bertz CT molecular complexity index is 389. The van der Waals surface area contributed by atoms with Crippen LogP contribution in [0, 0.1) is 5.92 Å². The fourth-order valence-electron chi connectivity index (χ4n) is 1.70. The molecule has 2 rings (SSSR count). The number of carbonyl (C=O) groups excluding carboxylic acids is 1. The predicted octanol–water partition coefficient (Wildman–Crippen LogP) is 2.17. The van der Waals surface area contributed by atoms with Gasteiger partial charge in [-0.15, -0.1) is 0 Å². The maximum absolute atomic E-state index is 11.3. The van der Waals surface area contributed by atoms with Crippen LogP contribution in [0.5, 0.6) is 5.75 Å². The normalized spacial score (nSPS) is 18.9. The topological polar surface area (TPSA) is 35.5 Å². The zero-order valence-corrected chi connectivity index (χ0v) is 9.91. The average Bonchev–Trinajstić information content (AvgIpc) is 2.28. The van der Waals surface area contributed by atoms with Gasteiger partial charge in [0, 0.05) is 0 Å². The van der Waals surface area contributed by atoms with Crippen LogP contribution < -0.4 is 4.74 Å². The lowest BCUT2D eigenvalue weighted by atomic mass is 9.97. The summed E-state index contributed by atoms with van der Waals surface area (Å²) in [5.74, 6) is 0.454. The summed E-state index contributed by atoms with van der Waals surface area (Å²) in [4.78, 5) is 11.3. The standard InChI is InChI=1S/C11H11BrO3/c1-14-11(13)8-5-7-3-2-4-9(12)10(7)15-6-8/h2-4,8H,5-6H2,1H3. The van der Waals surface area contributed by atoms with Gasteiger partial charge in [-0.3, -0.25) is 4.79 Å². The van der Waals surface area contributed by atoms with Gasteiger partial charge in [-0.25, -0.2) is 0 Å². The van der Waals surface area contributed by atoms with Crippen molar-refractivity contribution >= 4 is 21.9 Å². The first-order chi connectivity index (χ1) is 7.22. The highest BCUT2D eigenvalue weighted by molar-refractivity contribution is 9.10. The van der Waals surface area contributed by atoms with Crippen LogP contribution in [0.2, 0.25) is 0 Å². The maximum atomic E-state index is 11.3. The molecule has 0 amide bonds. The van der Waals surface area contributed by atoms with Gasteiger partial charge in [0.2, 0.25) is 0 Å². The minimum atomic E-state index is -0.208. The smallest absolute Gasteiger partial charge is 0.312 e. The van der Waals surface area contributed by atoms with Crippen LogP contribution in [0.4, 0.5) is 0 Å². The van der Waals surface area contributed by atoms with Crippen LogP contribution in [-0.4, -0.2) is 19.7 Å². The number of methoxy groups -OCH3 is 1. The van der Waals surface area contributed by atoms with E-state index in [0.29, 0.717) is 13.0 Å². The largest absolute Gasteiger partial charge is 0.491 e. The van der Waals surface area contributed by atoms with E-state index in [2.05, 4.69) is 15.9 Å². The van der Waals surface area contributed by atoms with E-state index in [0.717, 1.165) is 15.8 Å². The molecule has 0 aliphatic carbocycles. The first-order valence-corrected chi connectivity index (χ1v) is 5.49. The number of fused-ring (bicyclic) bond motifs is 1. The van der Waals surface area contributed by atoms with Gasteiger partial charge in [0.1, 0.15) is 12.4 Å². The monoisotopic (exact) mass is 270 g/mol. The van der Waals surface area contributed by atoms with Crippen molar-refractivity contribution in [3.63, 3.8) is 0 Å². The Morgan fingerprint density at radius 2 is 2.40 bits per heavy atom. The quantitative estimate of drug-likeness (QED) is 0.734. The van der Waals surface area contributed by atoms with Gasteiger partial charge < -0.3 is 9.47 Å². The third-order valence-electron chi connectivity index (χ3n) is 2.48. The number of esters is 1. The molecule has 4 heteroatoms. The second-order valence-corrected chi connectivity index (χ2v) is 4.32. The van der Waals surface area contributed by atoms with Crippen molar-refractivity contribution < 1.29 is 14.3 Å². The lowest BCUT2D eigenvalue weighted by Gasteiger charge is -2.24. The highest BCUT2D eigenvalue weighted by Gasteiger charge is 2.27. The van der Waals surface area contributed by atoms with Gasteiger partial charge >= 0.3 is 5.97 Å². The van der Waals surface area contributed by atoms with E-state index < -0.39 is 0 Å². The van der Waals surface area contributed by atoms with Gasteiger partial charge in [-0.2, -0.15) is 0 Å². The number of halogens is 1. The number of hydrogen-bond acceptors (Lipinski definition) is 3. The van der Waals surface area contributed by atoms with Crippen LogP contribution in [0.15, 0.2) is 22.7 Å². The van der Waals surface area contributed by atoms with Crippen molar-refractivity contribution in [3.8, 4) is 5.75 Å². The molecule has 1 aromatic rings. The molecule has 0 radical (unpaired) electrons. The Kier molecular flexibility index (Phi) is 2.95. The van der Waals surface area contributed by atoms with Crippen molar-refractivity contribution in [1.29, 1.82) is 0 Å².